The third kappa shape index (κ3) is 4.31. The average Bonchev–Trinajstić information content (AvgIpc) is 3.07. The Kier molecular flexibility index (Phi) is 5.59. The van der Waals surface area contributed by atoms with Crippen molar-refractivity contribution in [1.29, 1.82) is 0 Å². The zero-order chi connectivity index (χ0) is 14.4. The fourth-order valence-corrected chi connectivity index (χ4v) is 3.31. The molecule has 2 heterocycles. The summed E-state index contributed by atoms with van der Waals surface area (Å²) in [6, 6.07) is 1.66. The minimum atomic E-state index is -3.42. The monoisotopic (exact) mass is 301 g/mol. The lowest BCUT2D eigenvalue weighted by atomic mass is 10.2. The van der Waals surface area contributed by atoms with Gasteiger partial charge in [0.1, 0.15) is 0 Å². The maximum atomic E-state index is 12.1. The number of sulfonamides is 1. The Balaban J connectivity index is 1.83. The molecule has 20 heavy (non-hydrogen) atoms. The van der Waals surface area contributed by atoms with E-state index in [9.17, 15) is 8.42 Å². The van der Waals surface area contributed by atoms with Gasteiger partial charge in [-0.3, -0.25) is 0 Å². The van der Waals surface area contributed by atoms with E-state index in [1.54, 1.807) is 6.07 Å². The minimum absolute atomic E-state index is 0.202. The summed E-state index contributed by atoms with van der Waals surface area (Å²) in [5.41, 5.74) is 0.867. The quantitative estimate of drug-likeness (QED) is 0.668. The van der Waals surface area contributed by atoms with Crippen molar-refractivity contribution < 1.29 is 13.2 Å². The van der Waals surface area contributed by atoms with E-state index < -0.39 is 10.0 Å². The van der Waals surface area contributed by atoms with Gasteiger partial charge in [0.25, 0.3) is 0 Å². The molecule has 1 aliphatic rings. The van der Waals surface area contributed by atoms with Gasteiger partial charge in [0.2, 0.25) is 10.0 Å². The lowest BCUT2D eigenvalue weighted by molar-refractivity contribution is 0.105. The van der Waals surface area contributed by atoms with Crippen LogP contribution in [0.3, 0.4) is 0 Å². The van der Waals surface area contributed by atoms with E-state index in [0.29, 0.717) is 13.1 Å². The third-order valence-corrected chi connectivity index (χ3v) is 4.81. The van der Waals surface area contributed by atoms with Crippen molar-refractivity contribution in [1.82, 2.24) is 15.0 Å². The van der Waals surface area contributed by atoms with Crippen molar-refractivity contribution in [3.8, 4) is 0 Å². The summed E-state index contributed by atoms with van der Waals surface area (Å²) in [6.45, 7) is 4.71. The minimum Gasteiger partial charge on any atom is -0.378 e. The first-order valence-corrected chi connectivity index (χ1v) is 8.59. The number of H-pyrrole nitrogens is 1. The summed E-state index contributed by atoms with van der Waals surface area (Å²) < 4.78 is 32.3. The molecule has 1 aliphatic heterocycles. The molecule has 1 saturated heterocycles. The van der Waals surface area contributed by atoms with Gasteiger partial charge >= 0.3 is 0 Å². The van der Waals surface area contributed by atoms with E-state index in [1.807, 2.05) is 6.92 Å². The Labute approximate surface area is 120 Å². The molecular weight excluding hydrogens is 278 g/mol. The summed E-state index contributed by atoms with van der Waals surface area (Å²) in [7, 11) is -3.42. The van der Waals surface area contributed by atoms with Gasteiger partial charge in [-0.05, 0) is 31.9 Å². The number of ether oxygens (including phenoxy) is 1. The van der Waals surface area contributed by atoms with E-state index in [2.05, 4.69) is 15.0 Å². The number of nitrogens with one attached hydrogen (secondary N) is 3. The zero-order valence-corrected chi connectivity index (χ0v) is 12.6. The van der Waals surface area contributed by atoms with Crippen molar-refractivity contribution in [3.05, 3.63) is 18.0 Å². The van der Waals surface area contributed by atoms with Gasteiger partial charge in [-0.1, -0.05) is 6.92 Å². The zero-order valence-electron chi connectivity index (χ0n) is 11.8. The van der Waals surface area contributed by atoms with Crippen LogP contribution >= 0.6 is 0 Å². The van der Waals surface area contributed by atoms with Gasteiger partial charge in [0, 0.05) is 31.6 Å². The molecule has 7 heteroatoms. The second kappa shape index (κ2) is 7.21. The lowest BCUT2D eigenvalue weighted by Gasteiger charge is -2.09. The number of aromatic amines is 1. The van der Waals surface area contributed by atoms with Crippen LogP contribution in [0.25, 0.3) is 0 Å². The molecule has 1 aromatic rings. The van der Waals surface area contributed by atoms with Crippen LogP contribution in [0.2, 0.25) is 0 Å². The highest BCUT2D eigenvalue weighted by Gasteiger charge is 2.18. The molecule has 1 atom stereocenters. The maximum Gasteiger partial charge on any atom is 0.242 e. The molecule has 0 saturated carbocycles. The average molecular weight is 301 g/mol. The van der Waals surface area contributed by atoms with Crippen LogP contribution in [0.5, 0.6) is 0 Å². The van der Waals surface area contributed by atoms with E-state index in [4.69, 9.17) is 4.74 Å². The molecule has 0 amide bonds. The van der Waals surface area contributed by atoms with E-state index in [0.717, 1.165) is 38.1 Å². The fraction of sp³-hybridized carbons (Fsp3) is 0.692. The van der Waals surface area contributed by atoms with Crippen molar-refractivity contribution in [2.45, 2.75) is 43.7 Å². The van der Waals surface area contributed by atoms with E-state index in [1.165, 1.54) is 6.20 Å². The molecule has 0 aliphatic carbocycles. The van der Waals surface area contributed by atoms with Crippen LogP contribution in [-0.2, 0) is 21.3 Å². The van der Waals surface area contributed by atoms with Crippen LogP contribution in [0.1, 0.15) is 31.9 Å². The largest absolute Gasteiger partial charge is 0.378 e. The van der Waals surface area contributed by atoms with Crippen molar-refractivity contribution in [3.63, 3.8) is 0 Å². The SMILES string of the molecule is CCNCc1cc(S(=O)(=O)NCCC2CCCO2)c[nH]1. The van der Waals surface area contributed by atoms with Gasteiger partial charge in [0.05, 0.1) is 11.0 Å². The Hall–Kier alpha value is -0.890. The standard InChI is InChI=1S/C13H23N3O3S/c1-2-14-9-11-8-13(10-15-11)20(17,18)16-6-5-12-4-3-7-19-12/h8,10,12,14-16H,2-7,9H2,1H3. The summed E-state index contributed by atoms with van der Waals surface area (Å²) in [4.78, 5) is 3.26. The van der Waals surface area contributed by atoms with Crippen LogP contribution in [0.4, 0.5) is 0 Å². The summed E-state index contributed by atoms with van der Waals surface area (Å²) >= 11 is 0. The molecule has 0 aromatic carbocycles. The van der Waals surface area contributed by atoms with E-state index in [-0.39, 0.29) is 11.0 Å². The molecule has 1 fully saturated rings. The van der Waals surface area contributed by atoms with Gasteiger partial charge < -0.3 is 15.0 Å². The predicted molar refractivity (Wildman–Crippen MR) is 77.0 cm³/mol. The molecule has 0 spiro atoms. The summed E-state index contributed by atoms with van der Waals surface area (Å²) in [5, 5.41) is 3.15. The second-order valence-corrected chi connectivity index (χ2v) is 6.73. The van der Waals surface area contributed by atoms with Crippen LogP contribution in [0.15, 0.2) is 17.2 Å². The van der Waals surface area contributed by atoms with Crippen LogP contribution < -0.4 is 10.0 Å². The Morgan fingerprint density at radius 1 is 1.50 bits per heavy atom. The summed E-state index contributed by atoms with van der Waals surface area (Å²) in [6.07, 6.45) is 4.56. The number of hydrogen-bond acceptors (Lipinski definition) is 4. The Bertz CT molecular complexity index is 507. The number of hydrogen-bond donors (Lipinski definition) is 3. The molecular formula is C13H23N3O3S. The second-order valence-electron chi connectivity index (χ2n) is 4.96. The van der Waals surface area contributed by atoms with Gasteiger partial charge in [-0.15, -0.1) is 0 Å². The molecule has 0 bridgehead atoms. The first-order valence-electron chi connectivity index (χ1n) is 7.11. The molecule has 2 rings (SSSR count). The third-order valence-electron chi connectivity index (χ3n) is 3.37. The molecule has 1 aromatic heterocycles. The van der Waals surface area contributed by atoms with Crippen molar-refractivity contribution in [2.75, 3.05) is 19.7 Å². The topological polar surface area (TPSA) is 83.2 Å². The van der Waals surface area contributed by atoms with Crippen molar-refractivity contribution >= 4 is 10.0 Å². The van der Waals surface area contributed by atoms with Crippen LogP contribution in [-0.4, -0.2) is 39.2 Å². The van der Waals surface area contributed by atoms with E-state index >= 15 is 0 Å². The molecule has 6 nitrogen and oxygen atoms in total. The molecule has 3 N–H and O–H groups in total. The molecule has 0 radical (unpaired) electrons. The fourth-order valence-electron chi connectivity index (χ4n) is 2.25. The molecule has 114 valence electrons. The maximum absolute atomic E-state index is 12.1. The highest BCUT2D eigenvalue weighted by atomic mass is 32.2. The normalized spacial score (nSPS) is 19.6. The molecule has 1 unspecified atom stereocenters. The predicted octanol–water partition coefficient (Wildman–Crippen LogP) is 0.972. The first-order chi connectivity index (χ1) is 9.62. The Morgan fingerprint density at radius 3 is 3.05 bits per heavy atom. The van der Waals surface area contributed by atoms with Crippen LogP contribution in [0, 0.1) is 0 Å². The van der Waals surface area contributed by atoms with Crippen molar-refractivity contribution in [2.24, 2.45) is 0 Å². The first kappa shape index (κ1) is 15.5. The Morgan fingerprint density at radius 2 is 2.35 bits per heavy atom. The smallest absolute Gasteiger partial charge is 0.242 e. The van der Waals surface area contributed by atoms with Gasteiger partial charge in [-0.2, -0.15) is 0 Å². The lowest BCUT2D eigenvalue weighted by Crippen LogP contribution is -2.27. The number of aromatic nitrogens is 1. The van der Waals surface area contributed by atoms with Gasteiger partial charge in [0.15, 0.2) is 0 Å². The van der Waals surface area contributed by atoms with Gasteiger partial charge in [-0.25, -0.2) is 13.1 Å². The number of rotatable bonds is 8. The highest BCUT2D eigenvalue weighted by Crippen LogP contribution is 2.15. The highest BCUT2D eigenvalue weighted by molar-refractivity contribution is 7.89. The summed E-state index contributed by atoms with van der Waals surface area (Å²) in [5.74, 6) is 0.